The van der Waals surface area contributed by atoms with Crippen molar-refractivity contribution >= 4 is 0 Å². The average molecular weight is 231 g/mol. The zero-order valence-electron chi connectivity index (χ0n) is 10.2. The van der Waals surface area contributed by atoms with E-state index in [1.54, 1.807) is 11.0 Å². The van der Waals surface area contributed by atoms with Gasteiger partial charge >= 0.3 is 0 Å². The highest BCUT2D eigenvalue weighted by molar-refractivity contribution is 5.29. The predicted octanol–water partition coefficient (Wildman–Crippen LogP) is 1.44. The third-order valence-corrected chi connectivity index (χ3v) is 3.08. The second-order valence-corrected chi connectivity index (χ2v) is 4.24. The van der Waals surface area contributed by atoms with Crippen LogP contribution in [-0.4, -0.2) is 26.5 Å². The van der Waals surface area contributed by atoms with Crippen LogP contribution in [0, 0.1) is 6.92 Å². The SMILES string of the molecule is Cc1ccccc1C(CO)Cc1ncnn1C. The molecule has 0 amide bonds. The fourth-order valence-electron chi connectivity index (χ4n) is 2.04. The van der Waals surface area contributed by atoms with Crippen molar-refractivity contribution in [3.63, 3.8) is 0 Å². The van der Waals surface area contributed by atoms with E-state index in [0.717, 1.165) is 5.82 Å². The summed E-state index contributed by atoms with van der Waals surface area (Å²) in [6, 6.07) is 8.14. The quantitative estimate of drug-likeness (QED) is 0.866. The molecular weight excluding hydrogens is 214 g/mol. The number of hydrogen-bond acceptors (Lipinski definition) is 3. The van der Waals surface area contributed by atoms with Gasteiger partial charge in [0.2, 0.25) is 0 Å². The molecular formula is C13H17N3O. The van der Waals surface area contributed by atoms with E-state index in [2.05, 4.69) is 29.1 Å². The summed E-state index contributed by atoms with van der Waals surface area (Å²) in [6.45, 7) is 2.19. The normalized spacial score (nSPS) is 12.6. The van der Waals surface area contributed by atoms with Crippen molar-refractivity contribution in [2.75, 3.05) is 6.61 Å². The minimum Gasteiger partial charge on any atom is -0.396 e. The third kappa shape index (κ3) is 2.53. The first-order valence-electron chi connectivity index (χ1n) is 5.71. The Kier molecular flexibility index (Phi) is 3.54. The summed E-state index contributed by atoms with van der Waals surface area (Å²) < 4.78 is 1.75. The second-order valence-electron chi connectivity index (χ2n) is 4.24. The van der Waals surface area contributed by atoms with Crippen molar-refractivity contribution in [1.29, 1.82) is 0 Å². The first-order valence-corrected chi connectivity index (χ1v) is 5.71. The molecule has 1 atom stereocenters. The molecule has 1 heterocycles. The van der Waals surface area contributed by atoms with Gasteiger partial charge < -0.3 is 5.11 Å². The lowest BCUT2D eigenvalue weighted by Gasteiger charge is -2.16. The Bertz CT molecular complexity index is 493. The van der Waals surface area contributed by atoms with Gasteiger partial charge in [-0.25, -0.2) is 4.98 Å². The summed E-state index contributed by atoms with van der Waals surface area (Å²) in [5, 5.41) is 13.6. The Balaban J connectivity index is 2.23. The number of nitrogens with zero attached hydrogens (tertiary/aromatic N) is 3. The van der Waals surface area contributed by atoms with Crippen LogP contribution in [0.5, 0.6) is 0 Å². The molecule has 1 aromatic heterocycles. The molecule has 2 aromatic rings. The molecule has 1 N–H and O–H groups in total. The van der Waals surface area contributed by atoms with Crippen LogP contribution < -0.4 is 0 Å². The maximum absolute atomic E-state index is 9.54. The van der Waals surface area contributed by atoms with Crippen LogP contribution in [0.3, 0.4) is 0 Å². The average Bonchev–Trinajstić information content (AvgIpc) is 2.73. The van der Waals surface area contributed by atoms with E-state index in [0.29, 0.717) is 6.42 Å². The monoisotopic (exact) mass is 231 g/mol. The van der Waals surface area contributed by atoms with Crippen molar-refractivity contribution in [3.8, 4) is 0 Å². The van der Waals surface area contributed by atoms with Gasteiger partial charge in [-0.2, -0.15) is 5.10 Å². The van der Waals surface area contributed by atoms with Crippen LogP contribution in [0.4, 0.5) is 0 Å². The van der Waals surface area contributed by atoms with Gasteiger partial charge in [-0.3, -0.25) is 4.68 Å². The van der Waals surface area contributed by atoms with Gasteiger partial charge in [0.1, 0.15) is 12.2 Å². The summed E-state index contributed by atoms with van der Waals surface area (Å²) in [4.78, 5) is 4.20. The predicted molar refractivity (Wildman–Crippen MR) is 65.7 cm³/mol. The molecule has 0 aliphatic heterocycles. The van der Waals surface area contributed by atoms with E-state index in [9.17, 15) is 5.11 Å². The van der Waals surface area contributed by atoms with E-state index in [-0.39, 0.29) is 12.5 Å². The van der Waals surface area contributed by atoms with Crippen LogP contribution >= 0.6 is 0 Å². The Morgan fingerprint density at radius 1 is 1.35 bits per heavy atom. The van der Waals surface area contributed by atoms with Gasteiger partial charge in [-0.05, 0) is 18.1 Å². The highest BCUT2D eigenvalue weighted by Crippen LogP contribution is 2.22. The minimum absolute atomic E-state index is 0.0825. The molecule has 4 heteroatoms. The smallest absolute Gasteiger partial charge is 0.138 e. The summed E-state index contributed by atoms with van der Waals surface area (Å²) in [5.74, 6) is 0.978. The third-order valence-electron chi connectivity index (χ3n) is 3.08. The topological polar surface area (TPSA) is 50.9 Å². The van der Waals surface area contributed by atoms with Gasteiger partial charge in [0.25, 0.3) is 0 Å². The maximum atomic E-state index is 9.54. The summed E-state index contributed by atoms with van der Waals surface area (Å²) >= 11 is 0. The fourth-order valence-corrected chi connectivity index (χ4v) is 2.04. The largest absolute Gasteiger partial charge is 0.396 e. The number of aryl methyl sites for hydroxylation is 2. The van der Waals surface area contributed by atoms with Crippen LogP contribution in [0.2, 0.25) is 0 Å². The molecule has 4 nitrogen and oxygen atoms in total. The Hall–Kier alpha value is -1.68. The molecule has 0 saturated carbocycles. The second kappa shape index (κ2) is 5.10. The van der Waals surface area contributed by atoms with E-state index in [1.807, 2.05) is 19.2 Å². The zero-order chi connectivity index (χ0) is 12.3. The Morgan fingerprint density at radius 2 is 2.12 bits per heavy atom. The van der Waals surface area contributed by atoms with Crippen LogP contribution in [0.25, 0.3) is 0 Å². The lowest BCUT2D eigenvalue weighted by atomic mass is 9.92. The van der Waals surface area contributed by atoms with Crippen molar-refractivity contribution < 1.29 is 5.11 Å². The molecule has 1 unspecified atom stereocenters. The van der Waals surface area contributed by atoms with E-state index in [1.165, 1.54) is 11.1 Å². The van der Waals surface area contributed by atoms with Gasteiger partial charge in [0.05, 0.1) is 6.61 Å². The number of rotatable bonds is 4. The minimum atomic E-state index is 0.0825. The summed E-state index contributed by atoms with van der Waals surface area (Å²) in [5.41, 5.74) is 2.38. The first kappa shape index (κ1) is 11.8. The molecule has 90 valence electrons. The zero-order valence-corrected chi connectivity index (χ0v) is 10.2. The molecule has 0 fully saturated rings. The van der Waals surface area contributed by atoms with Crippen molar-refractivity contribution in [1.82, 2.24) is 14.8 Å². The standard InChI is InChI=1S/C13H17N3O/c1-10-5-3-4-6-12(10)11(8-17)7-13-14-9-15-16(13)2/h3-6,9,11,17H,7-8H2,1-2H3. The molecule has 0 saturated heterocycles. The maximum Gasteiger partial charge on any atom is 0.138 e. The molecule has 0 bridgehead atoms. The molecule has 0 spiro atoms. The van der Waals surface area contributed by atoms with E-state index >= 15 is 0 Å². The van der Waals surface area contributed by atoms with Gasteiger partial charge in [0, 0.05) is 19.4 Å². The Labute approximate surface area is 101 Å². The van der Waals surface area contributed by atoms with Crippen LogP contribution in [0.15, 0.2) is 30.6 Å². The fraction of sp³-hybridized carbons (Fsp3) is 0.385. The van der Waals surface area contributed by atoms with E-state index < -0.39 is 0 Å². The number of benzene rings is 1. The highest BCUT2D eigenvalue weighted by Gasteiger charge is 2.15. The lowest BCUT2D eigenvalue weighted by Crippen LogP contribution is -2.12. The molecule has 2 rings (SSSR count). The lowest BCUT2D eigenvalue weighted by molar-refractivity contribution is 0.262. The molecule has 0 aliphatic rings. The van der Waals surface area contributed by atoms with Crippen molar-refractivity contribution in [3.05, 3.63) is 47.5 Å². The molecule has 0 radical (unpaired) electrons. The van der Waals surface area contributed by atoms with Gasteiger partial charge in [-0.15, -0.1) is 0 Å². The Morgan fingerprint density at radius 3 is 2.71 bits per heavy atom. The summed E-state index contributed by atoms with van der Waals surface area (Å²) in [6.07, 6.45) is 2.25. The van der Waals surface area contributed by atoms with Crippen LogP contribution in [0.1, 0.15) is 22.9 Å². The van der Waals surface area contributed by atoms with Gasteiger partial charge in [0.15, 0.2) is 0 Å². The molecule has 1 aromatic carbocycles. The number of aliphatic hydroxyl groups is 1. The number of aromatic nitrogens is 3. The molecule has 17 heavy (non-hydrogen) atoms. The number of hydrogen-bond donors (Lipinski definition) is 1. The first-order chi connectivity index (χ1) is 8.22. The summed E-state index contributed by atoms with van der Waals surface area (Å²) in [7, 11) is 1.87. The number of aliphatic hydroxyl groups excluding tert-OH is 1. The molecule has 0 aliphatic carbocycles. The van der Waals surface area contributed by atoms with Crippen molar-refractivity contribution in [2.24, 2.45) is 7.05 Å². The highest BCUT2D eigenvalue weighted by atomic mass is 16.3. The van der Waals surface area contributed by atoms with Crippen LogP contribution in [-0.2, 0) is 13.5 Å². The van der Waals surface area contributed by atoms with E-state index in [4.69, 9.17) is 0 Å². The van der Waals surface area contributed by atoms with Gasteiger partial charge in [-0.1, -0.05) is 24.3 Å². The van der Waals surface area contributed by atoms with Crippen molar-refractivity contribution in [2.45, 2.75) is 19.3 Å².